The molecule has 0 saturated carbocycles. The second-order valence-corrected chi connectivity index (χ2v) is 11.1. The highest BCUT2D eigenvalue weighted by molar-refractivity contribution is 7.85. The number of ether oxygens (including phenoxy) is 1. The van der Waals surface area contributed by atoms with Gasteiger partial charge in [0.1, 0.15) is 23.8 Å². The van der Waals surface area contributed by atoms with Gasteiger partial charge in [-0.05, 0) is 51.2 Å². The fourth-order valence-corrected chi connectivity index (χ4v) is 6.01. The van der Waals surface area contributed by atoms with E-state index >= 15 is 0 Å². The van der Waals surface area contributed by atoms with E-state index in [9.17, 15) is 23.5 Å². The Kier molecular flexibility index (Phi) is 10.3. The summed E-state index contributed by atoms with van der Waals surface area (Å²) >= 11 is 0. The molecule has 0 aliphatic carbocycles. The first-order valence-corrected chi connectivity index (χ1v) is 13.1. The summed E-state index contributed by atoms with van der Waals surface area (Å²) in [5, 5.41) is 21.4. The monoisotopic (exact) mass is 496 g/mol. The minimum absolute atomic E-state index is 0.158. The van der Waals surface area contributed by atoms with Crippen LogP contribution in [-0.4, -0.2) is 97.5 Å². The lowest BCUT2D eigenvalue weighted by atomic mass is 10.0. The van der Waals surface area contributed by atoms with Crippen LogP contribution in [0.2, 0.25) is 0 Å². The van der Waals surface area contributed by atoms with Gasteiger partial charge in [-0.1, -0.05) is 23.8 Å². The van der Waals surface area contributed by atoms with Gasteiger partial charge in [0.2, 0.25) is 6.04 Å². The van der Waals surface area contributed by atoms with Gasteiger partial charge < -0.3 is 19.6 Å². The van der Waals surface area contributed by atoms with Crippen molar-refractivity contribution in [1.29, 1.82) is 0 Å². The molecule has 1 aliphatic heterocycles. The SMILES string of the molecule is CC#CCOc1ccc(S(=O)(=O)[N+](O)(CCCCN2CCN(C)CC2)C(C(=O)O)C(C)C)cc1. The number of carboxylic acids is 1. The highest BCUT2D eigenvalue weighted by Crippen LogP contribution is 2.31. The van der Waals surface area contributed by atoms with Crippen molar-refractivity contribution in [3.63, 3.8) is 0 Å². The minimum Gasteiger partial charge on any atom is -0.481 e. The van der Waals surface area contributed by atoms with Gasteiger partial charge in [-0.3, -0.25) is 0 Å². The number of carboxylic acid groups (broad SMARTS) is 1. The molecule has 9 nitrogen and oxygen atoms in total. The summed E-state index contributed by atoms with van der Waals surface area (Å²) in [6, 6.07) is 4.09. The molecule has 34 heavy (non-hydrogen) atoms. The van der Waals surface area contributed by atoms with Crippen molar-refractivity contribution in [3.05, 3.63) is 24.3 Å². The maximum atomic E-state index is 13.6. The number of piperazine rings is 1. The van der Waals surface area contributed by atoms with E-state index in [0.29, 0.717) is 18.6 Å². The molecule has 1 heterocycles. The van der Waals surface area contributed by atoms with Gasteiger partial charge in [-0.25, -0.2) is 4.79 Å². The molecule has 2 atom stereocenters. The van der Waals surface area contributed by atoms with Crippen molar-refractivity contribution in [2.75, 3.05) is 52.9 Å². The van der Waals surface area contributed by atoms with Gasteiger partial charge in [0.25, 0.3) is 0 Å². The molecule has 2 unspecified atom stereocenters. The quantitative estimate of drug-likeness (QED) is 0.196. The van der Waals surface area contributed by atoms with Gasteiger partial charge in [0.05, 0.1) is 0 Å². The zero-order chi connectivity index (χ0) is 25.4. The Bertz CT molecular complexity index is 963. The van der Waals surface area contributed by atoms with Crippen LogP contribution in [0.25, 0.3) is 0 Å². The van der Waals surface area contributed by atoms with Gasteiger partial charge in [-0.15, -0.1) is 5.92 Å². The number of hydrogen-bond donors (Lipinski definition) is 2. The van der Waals surface area contributed by atoms with E-state index in [1.807, 2.05) is 0 Å². The maximum absolute atomic E-state index is 13.6. The summed E-state index contributed by atoms with van der Waals surface area (Å²) in [6.07, 6.45) is 1.03. The molecular formula is C24H38N3O6S+. The first-order chi connectivity index (χ1) is 16.0. The van der Waals surface area contributed by atoms with E-state index in [0.717, 1.165) is 32.7 Å². The molecule has 1 aromatic carbocycles. The third-order valence-corrected chi connectivity index (χ3v) is 8.25. The lowest BCUT2D eigenvalue weighted by Gasteiger charge is -2.36. The van der Waals surface area contributed by atoms with Crippen LogP contribution in [0, 0.1) is 17.8 Å². The highest BCUT2D eigenvalue weighted by Gasteiger charge is 2.54. The summed E-state index contributed by atoms with van der Waals surface area (Å²) in [5.41, 5.74) is 0. The number of nitrogens with zero attached hydrogens (tertiary/aromatic N) is 3. The summed E-state index contributed by atoms with van der Waals surface area (Å²) in [6.45, 7) is 9.48. The van der Waals surface area contributed by atoms with Crippen molar-refractivity contribution in [3.8, 4) is 17.6 Å². The minimum atomic E-state index is -4.44. The Labute approximate surface area is 203 Å². The lowest BCUT2D eigenvalue weighted by molar-refractivity contribution is -1.02. The Balaban J connectivity index is 2.22. The highest BCUT2D eigenvalue weighted by atomic mass is 32.2. The average molecular weight is 497 g/mol. The normalized spacial score (nSPS) is 18.1. The standard InChI is InChI=1S/C24H37N3O6S/c1-5-6-19-33-21-9-11-22(12-10-21)34(31,32)27(30,23(20(2)3)24(28)29)18-8-7-13-26-16-14-25(4)15-17-26/h9-12,20,23,30H,7-8,13-19H2,1-4H3/p+1. The van der Waals surface area contributed by atoms with Crippen LogP contribution >= 0.6 is 0 Å². The molecule has 10 heteroatoms. The Morgan fingerprint density at radius 1 is 1.15 bits per heavy atom. The summed E-state index contributed by atoms with van der Waals surface area (Å²) in [4.78, 5) is 16.5. The van der Waals surface area contributed by atoms with Gasteiger partial charge >= 0.3 is 16.0 Å². The third kappa shape index (κ3) is 6.93. The number of benzene rings is 1. The van der Waals surface area contributed by atoms with Crippen LogP contribution in [0.5, 0.6) is 5.75 Å². The van der Waals surface area contributed by atoms with Crippen molar-refractivity contribution >= 4 is 16.0 Å². The van der Waals surface area contributed by atoms with E-state index < -0.39 is 32.0 Å². The number of hydroxylamine groups is 2. The molecule has 190 valence electrons. The topological polar surface area (TPSA) is 107 Å². The predicted octanol–water partition coefficient (Wildman–Crippen LogP) is 2.12. The largest absolute Gasteiger partial charge is 0.481 e. The number of likely N-dealkylation sites (N-methyl/N-ethyl adjacent to an activating group) is 1. The molecule has 0 radical (unpaired) electrons. The fourth-order valence-electron chi connectivity index (χ4n) is 4.16. The molecule has 0 spiro atoms. The van der Waals surface area contributed by atoms with E-state index in [-0.39, 0.29) is 18.0 Å². The first-order valence-electron chi connectivity index (χ1n) is 11.6. The smallest absolute Gasteiger partial charge is 0.367 e. The molecule has 2 rings (SSSR count). The van der Waals surface area contributed by atoms with Crippen LogP contribution in [0.3, 0.4) is 0 Å². The fraction of sp³-hybridized carbons (Fsp3) is 0.625. The van der Waals surface area contributed by atoms with Crippen molar-refractivity contribution in [2.24, 2.45) is 5.92 Å². The van der Waals surface area contributed by atoms with Crippen LogP contribution in [0.1, 0.15) is 33.6 Å². The van der Waals surface area contributed by atoms with Gasteiger partial charge in [0.15, 0.2) is 0 Å². The van der Waals surface area contributed by atoms with Crippen LogP contribution < -0.4 is 4.74 Å². The van der Waals surface area contributed by atoms with Gasteiger partial charge in [-0.2, -0.15) is 13.6 Å². The number of sulfonamides is 1. The lowest BCUT2D eigenvalue weighted by Crippen LogP contribution is -2.62. The number of quaternary nitrogens is 1. The van der Waals surface area contributed by atoms with Crippen LogP contribution in [0.15, 0.2) is 29.2 Å². The zero-order valence-electron chi connectivity index (χ0n) is 20.6. The molecule has 2 N–H and O–H groups in total. The summed E-state index contributed by atoms with van der Waals surface area (Å²) in [7, 11) is -2.36. The number of carbonyl (C=O) groups is 1. The number of rotatable bonds is 12. The summed E-state index contributed by atoms with van der Waals surface area (Å²) in [5.74, 6) is 3.94. The van der Waals surface area contributed by atoms with Crippen LogP contribution in [0.4, 0.5) is 0 Å². The Hall–Kier alpha value is -2.16. The number of unbranched alkanes of at least 4 members (excludes halogenated alkanes) is 1. The van der Waals surface area contributed by atoms with E-state index in [2.05, 4.69) is 28.7 Å². The predicted molar refractivity (Wildman–Crippen MR) is 129 cm³/mol. The maximum Gasteiger partial charge on any atom is 0.367 e. The number of aliphatic carboxylic acids is 1. The molecule has 1 aliphatic rings. The molecule has 0 bridgehead atoms. The second-order valence-electron chi connectivity index (χ2n) is 9.02. The van der Waals surface area contributed by atoms with E-state index in [1.165, 1.54) is 24.3 Å². The molecule has 1 saturated heterocycles. The first kappa shape index (κ1) is 28.1. The zero-order valence-corrected chi connectivity index (χ0v) is 21.4. The van der Waals surface area contributed by atoms with Crippen LogP contribution in [-0.2, 0) is 14.8 Å². The van der Waals surface area contributed by atoms with Gasteiger partial charge in [0, 0.05) is 38.5 Å². The Morgan fingerprint density at radius 3 is 2.29 bits per heavy atom. The summed E-state index contributed by atoms with van der Waals surface area (Å²) < 4.78 is 31.0. The number of hydrogen-bond acceptors (Lipinski definition) is 7. The average Bonchev–Trinajstić information content (AvgIpc) is 2.78. The molecular weight excluding hydrogens is 458 g/mol. The molecule has 1 aromatic rings. The third-order valence-electron chi connectivity index (χ3n) is 6.14. The molecule has 0 amide bonds. The van der Waals surface area contributed by atoms with E-state index in [4.69, 9.17) is 4.74 Å². The van der Waals surface area contributed by atoms with Crippen molar-refractivity contribution in [1.82, 2.24) is 9.80 Å². The van der Waals surface area contributed by atoms with Crippen molar-refractivity contribution < 1.29 is 32.3 Å². The molecule has 1 fully saturated rings. The van der Waals surface area contributed by atoms with Crippen molar-refractivity contribution in [2.45, 2.75) is 44.6 Å². The van der Waals surface area contributed by atoms with E-state index in [1.54, 1.807) is 20.8 Å². The molecule has 0 aromatic heterocycles. The Morgan fingerprint density at radius 2 is 1.76 bits per heavy atom. The second kappa shape index (κ2) is 12.5.